The Labute approximate surface area is 102 Å². The Hall–Kier alpha value is -1.14. The van der Waals surface area contributed by atoms with Crippen molar-refractivity contribution in [3.63, 3.8) is 0 Å². The average molecular weight is 269 g/mol. The first-order valence-electron chi connectivity index (χ1n) is 4.76. The fourth-order valence-corrected chi connectivity index (χ4v) is 1.43. The van der Waals surface area contributed by atoms with Crippen molar-refractivity contribution >= 4 is 23.0 Å². The Kier molecular flexibility index (Phi) is 4.47. The fraction of sp³-hybridized carbons (Fsp3) is 0.400. The van der Waals surface area contributed by atoms with Gasteiger partial charge in [0.25, 0.3) is 0 Å². The van der Waals surface area contributed by atoms with Gasteiger partial charge in [-0.15, -0.1) is 13.2 Å². The minimum atomic E-state index is -4.61. The minimum absolute atomic E-state index is 0.0596. The van der Waals surface area contributed by atoms with Crippen LogP contribution < -0.4 is 10.6 Å². The summed E-state index contributed by atoms with van der Waals surface area (Å²) in [6.07, 6.45) is -4.61. The summed E-state index contributed by atoms with van der Waals surface area (Å²) in [7, 11) is 1.61. The van der Waals surface area contributed by atoms with Gasteiger partial charge in [-0.25, -0.2) is 0 Å². The van der Waals surface area contributed by atoms with E-state index in [1.54, 1.807) is 30.1 Å². The summed E-state index contributed by atoms with van der Waals surface area (Å²) in [6, 6.07) is 4.80. The fourth-order valence-electron chi connectivity index (χ4n) is 1.27. The van der Waals surface area contributed by atoms with Crippen LogP contribution in [0.5, 0.6) is 0 Å². The molecule has 0 aliphatic heterocycles. The standard InChI is InChI=1S/C10H12ClF3N2O/c1-16(4-5-17-10(12,13)14)9-6-7(11)2-3-8(9)15/h2-3,6H,4-5,15H2,1H3. The van der Waals surface area contributed by atoms with Crippen LogP contribution in [0.25, 0.3) is 0 Å². The molecule has 0 aromatic heterocycles. The molecule has 0 aliphatic rings. The molecule has 17 heavy (non-hydrogen) atoms. The van der Waals surface area contributed by atoms with Crippen LogP contribution in [-0.4, -0.2) is 26.6 Å². The van der Waals surface area contributed by atoms with Crippen LogP contribution in [0.4, 0.5) is 24.5 Å². The number of hydrogen-bond donors (Lipinski definition) is 1. The Morgan fingerprint density at radius 2 is 2.06 bits per heavy atom. The second-order valence-corrected chi connectivity index (χ2v) is 3.86. The predicted molar refractivity (Wildman–Crippen MR) is 61.1 cm³/mol. The van der Waals surface area contributed by atoms with Crippen LogP contribution in [-0.2, 0) is 4.74 Å². The number of alkyl halides is 3. The van der Waals surface area contributed by atoms with Crippen LogP contribution in [0.3, 0.4) is 0 Å². The Bertz CT molecular complexity index is 384. The van der Waals surface area contributed by atoms with Crippen molar-refractivity contribution in [1.82, 2.24) is 0 Å². The third-order valence-electron chi connectivity index (χ3n) is 2.10. The molecule has 2 N–H and O–H groups in total. The van der Waals surface area contributed by atoms with Crippen molar-refractivity contribution in [2.75, 3.05) is 30.8 Å². The molecule has 0 fully saturated rings. The molecule has 1 aromatic rings. The van der Waals surface area contributed by atoms with Gasteiger partial charge in [0.2, 0.25) is 0 Å². The molecule has 1 rings (SSSR count). The summed E-state index contributed by atoms with van der Waals surface area (Å²) >= 11 is 5.77. The lowest BCUT2D eigenvalue weighted by Crippen LogP contribution is -2.26. The third kappa shape index (κ3) is 4.70. The number of nitrogens with zero attached hydrogens (tertiary/aromatic N) is 1. The molecule has 1 aromatic carbocycles. The monoisotopic (exact) mass is 268 g/mol. The zero-order valence-corrected chi connectivity index (χ0v) is 9.85. The highest BCUT2D eigenvalue weighted by Gasteiger charge is 2.28. The molecule has 0 aliphatic carbocycles. The zero-order valence-electron chi connectivity index (χ0n) is 9.09. The van der Waals surface area contributed by atoms with E-state index in [9.17, 15) is 13.2 Å². The maximum atomic E-state index is 11.8. The number of hydrogen-bond acceptors (Lipinski definition) is 3. The molecular formula is C10H12ClF3N2O. The van der Waals surface area contributed by atoms with Gasteiger partial charge in [-0.05, 0) is 18.2 Å². The van der Waals surface area contributed by atoms with E-state index < -0.39 is 13.0 Å². The van der Waals surface area contributed by atoms with Gasteiger partial charge in [0.15, 0.2) is 0 Å². The Balaban J connectivity index is 2.58. The molecule has 0 amide bonds. The molecule has 0 heterocycles. The van der Waals surface area contributed by atoms with E-state index in [0.717, 1.165) is 0 Å². The highest BCUT2D eigenvalue weighted by atomic mass is 35.5. The van der Waals surface area contributed by atoms with E-state index in [2.05, 4.69) is 4.74 Å². The van der Waals surface area contributed by atoms with Crippen molar-refractivity contribution in [3.05, 3.63) is 23.2 Å². The predicted octanol–water partition coefficient (Wildman–Crippen LogP) is 2.89. The van der Waals surface area contributed by atoms with Crippen LogP contribution in [0.2, 0.25) is 5.02 Å². The number of likely N-dealkylation sites (N-methyl/N-ethyl adjacent to an activating group) is 1. The number of ether oxygens (including phenoxy) is 1. The molecule has 96 valence electrons. The molecule has 0 unspecified atom stereocenters. The summed E-state index contributed by atoms with van der Waals surface area (Å²) < 4.78 is 39.0. The van der Waals surface area contributed by atoms with Gasteiger partial charge in [-0.1, -0.05) is 11.6 Å². The van der Waals surface area contributed by atoms with Gasteiger partial charge in [-0.3, -0.25) is 4.74 Å². The van der Waals surface area contributed by atoms with E-state index in [4.69, 9.17) is 17.3 Å². The van der Waals surface area contributed by atoms with Gasteiger partial charge >= 0.3 is 6.36 Å². The first-order valence-corrected chi connectivity index (χ1v) is 5.14. The maximum absolute atomic E-state index is 11.8. The van der Waals surface area contributed by atoms with E-state index in [1.165, 1.54) is 0 Å². The van der Waals surface area contributed by atoms with Crippen molar-refractivity contribution in [2.45, 2.75) is 6.36 Å². The lowest BCUT2D eigenvalue weighted by atomic mass is 10.2. The molecular weight excluding hydrogens is 257 g/mol. The summed E-state index contributed by atoms with van der Waals surface area (Å²) in [6.45, 7) is -0.407. The molecule has 7 heteroatoms. The number of benzene rings is 1. The van der Waals surface area contributed by atoms with Crippen molar-refractivity contribution < 1.29 is 17.9 Å². The van der Waals surface area contributed by atoms with Crippen LogP contribution in [0, 0.1) is 0 Å². The number of anilines is 2. The van der Waals surface area contributed by atoms with E-state index >= 15 is 0 Å². The summed E-state index contributed by atoms with van der Waals surface area (Å²) in [5.74, 6) is 0. The molecule has 0 saturated carbocycles. The summed E-state index contributed by atoms with van der Waals surface area (Å²) in [5.41, 5.74) is 6.71. The Morgan fingerprint density at radius 3 is 2.65 bits per heavy atom. The molecule has 0 saturated heterocycles. The van der Waals surface area contributed by atoms with Gasteiger partial charge in [0.1, 0.15) is 0 Å². The summed E-state index contributed by atoms with van der Waals surface area (Å²) in [5, 5.41) is 0.470. The molecule has 0 bridgehead atoms. The largest absolute Gasteiger partial charge is 0.522 e. The quantitative estimate of drug-likeness (QED) is 0.854. The van der Waals surface area contributed by atoms with Crippen molar-refractivity contribution in [3.8, 4) is 0 Å². The third-order valence-corrected chi connectivity index (χ3v) is 2.33. The molecule has 3 nitrogen and oxygen atoms in total. The first kappa shape index (κ1) is 13.9. The SMILES string of the molecule is CN(CCOC(F)(F)F)c1cc(Cl)ccc1N. The lowest BCUT2D eigenvalue weighted by Gasteiger charge is -2.21. The van der Waals surface area contributed by atoms with Gasteiger partial charge in [0.05, 0.1) is 18.0 Å². The minimum Gasteiger partial charge on any atom is -0.397 e. The number of nitrogen functional groups attached to an aromatic ring is 1. The molecule has 0 spiro atoms. The number of nitrogens with two attached hydrogens (primary N) is 1. The zero-order chi connectivity index (χ0) is 13.1. The Morgan fingerprint density at radius 1 is 1.41 bits per heavy atom. The lowest BCUT2D eigenvalue weighted by molar-refractivity contribution is -0.323. The normalized spacial score (nSPS) is 11.6. The summed E-state index contributed by atoms with van der Waals surface area (Å²) in [4.78, 5) is 1.55. The van der Waals surface area contributed by atoms with Gasteiger partial charge < -0.3 is 10.6 Å². The van der Waals surface area contributed by atoms with Crippen molar-refractivity contribution in [1.29, 1.82) is 0 Å². The van der Waals surface area contributed by atoms with E-state index in [1.807, 2.05) is 0 Å². The first-order chi connectivity index (χ1) is 7.79. The van der Waals surface area contributed by atoms with E-state index in [-0.39, 0.29) is 6.54 Å². The van der Waals surface area contributed by atoms with Crippen LogP contribution >= 0.6 is 11.6 Å². The second-order valence-electron chi connectivity index (χ2n) is 3.42. The van der Waals surface area contributed by atoms with Crippen molar-refractivity contribution in [2.24, 2.45) is 0 Å². The topological polar surface area (TPSA) is 38.5 Å². The van der Waals surface area contributed by atoms with Crippen LogP contribution in [0.15, 0.2) is 18.2 Å². The van der Waals surface area contributed by atoms with Gasteiger partial charge in [0, 0.05) is 18.6 Å². The highest BCUT2D eigenvalue weighted by molar-refractivity contribution is 6.31. The van der Waals surface area contributed by atoms with Crippen LogP contribution in [0.1, 0.15) is 0 Å². The average Bonchev–Trinajstić information content (AvgIpc) is 2.19. The number of rotatable bonds is 4. The smallest absolute Gasteiger partial charge is 0.397 e. The second kappa shape index (κ2) is 5.46. The molecule has 0 atom stereocenters. The van der Waals surface area contributed by atoms with E-state index in [0.29, 0.717) is 16.4 Å². The highest BCUT2D eigenvalue weighted by Crippen LogP contribution is 2.26. The van der Waals surface area contributed by atoms with Gasteiger partial charge in [-0.2, -0.15) is 0 Å². The maximum Gasteiger partial charge on any atom is 0.522 e. The molecule has 0 radical (unpaired) electrons. The number of halogens is 4.